The monoisotopic (exact) mass is 389 g/mol. The number of anilines is 1. The molecule has 1 N–H and O–H groups in total. The highest BCUT2D eigenvalue weighted by molar-refractivity contribution is 5.92. The van der Waals surface area contributed by atoms with Gasteiger partial charge in [0.2, 0.25) is 11.8 Å². The molecule has 6 nitrogen and oxygen atoms in total. The molecule has 0 aromatic heterocycles. The molecule has 0 saturated carbocycles. The maximum Gasteiger partial charge on any atom is 0.573 e. The second-order valence-electron chi connectivity index (χ2n) is 6.78. The maximum absolute atomic E-state index is 12.4. The summed E-state index contributed by atoms with van der Waals surface area (Å²) < 4.78 is 40.2. The van der Waals surface area contributed by atoms with E-state index in [0.29, 0.717) is 5.69 Å². The average molecular weight is 389 g/mol. The predicted molar refractivity (Wildman–Crippen MR) is 96.4 cm³/mol. The number of likely N-dealkylation sites (N-methyl/N-ethyl adjacent to an activating group) is 1. The zero-order valence-corrected chi connectivity index (χ0v) is 16.1. The standard InChI is InChI=1S/C18H26F3N3O3/c1-12(2)24(13(3)4)17(26)11-23(5)10-16(25)22-14-6-8-15(9-7-14)27-18(19,20)21/h6-9,12-13H,10-11H2,1-5H3,(H,22,25). The number of hydrogen-bond acceptors (Lipinski definition) is 4. The van der Waals surface area contributed by atoms with Crippen molar-refractivity contribution in [1.82, 2.24) is 9.80 Å². The van der Waals surface area contributed by atoms with E-state index in [1.165, 1.54) is 12.1 Å². The molecule has 0 aliphatic heterocycles. The van der Waals surface area contributed by atoms with Crippen LogP contribution in [-0.4, -0.2) is 60.2 Å². The summed E-state index contributed by atoms with van der Waals surface area (Å²) in [6.07, 6.45) is -4.76. The maximum atomic E-state index is 12.4. The second kappa shape index (κ2) is 9.59. The summed E-state index contributed by atoms with van der Waals surface area (Å²) >= 11 is 0. The van der Waals surface area contributed by atoms with Gasteiger partial charge in [0.1, 0.15) is 5.75 Å². The summed E-state index contributed by atoms with van der Waals surface area (Å²) in [7, 11) is 1.65. The highest BCUT2D eigenvalue weighted by Gasteiger charge is 2.31. The Bertz CT molecular complexity index is 623. The van der Waals surface area contributed by atoms with Gasteiger partial charge in [-0.05, 0) is 59.0 Å². The van der Waals surface area contributed by atoms with Crippen molar-refractivity contribution in [2.24, 2.45) is 0 Å². The van der Waals surface area contributed by atoms with Gasteiger partial charge in [-0.2, -0.15) is 0 Å². The second-order valence-corrected chi connectivity index (χ2v) is 6.78. The predicted octanol–water partition coefficient (Wildman–Crippen LogP) is 3.10. The Morgan fingerprint density at radius 3 is 2.00 bits per heavy atom. The van der Waals surface area contributed by atoms with Gasteiger partial charge in [-0.1, -0.05) is 0 Å². The molecule has 9 heteroatoms. The highest BCUT2D eigenvalue weighted by Crippen LogP contribution is 2.23. The summed E-state index contributed by atoms with van der Waals surface area (Å²) in [5, 5.41) is 2.57. The number of carbonyl (C=O) groups is 2. The lowest BCUT2D eigenvalue weighted by molar-refractivity contribution is -0.274. The van der Waals surface area contributed by atoms with E-state index in [1.54, 1.807) is 16.8 Å². The van der Waals surface area contributed by atoms with Crippen molar-refractivity contribution in [1.29, 1.82) is 0 Å². The van der Waals surface area contributed by atoms with Gasteiger partial charge in [0.05, 0.1) is 13.1 Å². The van der Waals surface area contributed by atoms with E-state index in [1.807, 2.05) is 27.7 Å². The Kier molecular flexibility index (Phi) is 8.08. The average Bonchev–Trinajstić information content (AvgIpc) is 2.46. The molecule has 0 fully saturated rings. The van der Waals surface area contributed by atoms with Crippen LogP contribution in [0, 0.1) is 0 Å². The molecule has 0 atom stereocenters. The number of benzene rings is 1. The number of hydrogen-bond donors (Lipinski definition) is 1. The largest absolute Gasteiger partial charge is 0.573 e. The smallest absolute Gasteiger partial charge is 0.406 e. The van der Waals surface area contributed by atoms with Crippen molar-refractivity contribution in [3.05, 3.63) is 24.3 Å². The molecule has 0 aliphatic rings. The number of ether oxygens (including phenoxy) is 1. The lowest BCUT2D eigenvalue weighted by Gasteiger charge is -2.32. The number of nitrogens with zero attached hydrogens (tertiary/aromatic N) is 2. The lowest BCUT2D eigenvalue weighted by Crippen LogP contribution is -2.47. The van der Waals surface area contributed by atoms with Gasteiger partial charge in [0.25, 0.3) is 0 Å². The molecule has 2 amide bonds. The van der Waals surface area contributed by atoms with Gasteiger partial charge >= 0.3 is 6.36 Å². The van der Waals surface area contributed by atoms with Crippen LogP contribution in [0.2, 0.25) is 0 Å². The molecular formula is C18H26F3N3O3. The Balaban J connectivity index is 2.55. The number of rotatable bonds is 8. The summed E-state index contributed by atoms with van der Waals surface area (Å²) in [5.74, 6) is -0.829. The van der Waals surface area contributed by atoms with Crippen molar-refractivity contribution < 1.29 is 27.5 Å². The van der Waals surface area contributed by atoms with Crippen molar-refractivity contribution in [2.45, 2.75) is 46.1 Å². The third-order valence-electron chi connectivity index (χ3n) is 3.59. The number of carbonyl (C=O) groups excluding carboxylic acids is 2. The third-order valence-corrected chi connectivity index (χ3v) is 3.59. The molecule has 0 spiro atoms. The fourth-order valence-corrected chi connectivity index (χ4v) is 2.73. The normalized spacial score (nSPS) is 11.8. The first kappa shape index (κ1) is 22.8. The van der Waals surface area contributed by atoms with Gasteiger partial charge < -0.3 is 15.0 Å². The first-order valence-electron chi connectivity index (χ1n) is 8.54. The SMILES string of the molecule is CC(C)N(C(=O)CN(C)CC(=O)Nc1ccc(OC(F)(F)F)cc1)C(C)C. The Labute approximate surface area is 157 Å². The molecule has 0 aliphatic carbocycles. The van der Waals surface area contributed by atoms with E-state index in [-0.39, 0.29) is 42.7 Å². The highest BCUT2D eigenvalue weighted by atomic mass is 19.4. The minimum absolute atomic E-state index is 0.0312. The fourth-order valence-electron chi connectivity index (χ4n) is 2.73. The van der Waals surface area contributed by atoms with Crippen molar-refractivity contribution in [2.75, 3.05) is 25.5 Å². The Morgan fingerprint density at radius 1 is 1.04 bits per heavy atom. The topological polar surface area (TPSA) is 61.9 Å². The summed E-state index contributed by atoms with van der Waals surface area (Å²) in [5.41, 5.74) is 0.334. The van der Waals surface area contributed by atoms with Gasteiger partial charge in [0.15, 0.2) is 0 Å². The van der Waals surface area contributed by atoms with Crippen LogP contribution in [0.4, 0.5) is 18.9 Å². The van der Waals surface area contributed by atoms with Crippen LogP contribution < -0.4 is 10.1 Å². The number of halogens is 3. The van der Waals surface area contributed by atoms with E-state index in [0.717, 1.165) is 12.1 Å². The van der Waals surface area contributed by atoms with Gasteiger partial charge in [-0.25, -0.2) is 0 Å². The molecular weight excluding hydrogens is 363 g/mol. The lowest BCUT2D eigenvalue weighted by atomic mass is 10.2. The first-order valence-corrected chi connectivity index (χ1v) is 8.54. The molecule has 0 saturated heterocycles. The molecule has 0 bridgehead atoms. The summed E-state index contributed by atoms with van der Waals surface area (Å²) in [4.78, 5) is 27.8. The first-order chi connectivity index (χ1) is 12.4. The van der Waals surface area contributed by atoms with Gasteiger partial charge in [-0.15, -0.1) is 13.2 Å². The molecule has 1 aromatic carbocycles. The van der Waals surface area contributed by atoms with Crippen molar-refractivity contribution in [3.63, 3.8) is 0 Å². The van der Waals surface area contributed by atoms with E-state index in [9.17, 15) is 22.8 Å². The van der Waals surface area contributed by atoms with Crippen LogP contribution in [0.1, 0.15) is 27.7 Å². The molecule has 0 radical (unpaired) electrons. The van der Waals surface area contributed by atoms with Crippen LogP contribution in [0.5, 0.6) is 5.75 Å². The molecule has 1 rings (SSSR count). The zero-order valence-electron chi connectivity index (χ0n) is 16.1. The summed E-state index contributed by atoms with van der Waals surface area (Å²) in [6.45, 7) is 7.76. The number of nitrogens with one attached hydrogen (secondary N) is 1. The fraction of sp³-hybridized carbons (Fsp3) is 0.556. The van der Waals surface area contributed by atoms with Gasteiger partial charge in [0, 0.05) is 17.8 Å². The molecule has 1 aromatic rings. The van der Waals surface area contributed by atoms with Crippen LogP contribution in [-0.2, 0) is 9.59 Å². The van der Waals surface area contributed by atoms with Crippen LogP contribution in [0.15, 0.2) is 24.3 Å². The van der Waals surface area contributed by atoms with E-state index in [4.69, 9.17) is 0 Å². The minimum atomic E-state index is -4.76. The van der Waals surface area contributed by atoms with E-state index in [2.05, 4.69) is 10.1 Å². The molecule has 0 unspecified atom stereocenters. The van der Waals surface area contributed by atoms with Crippen LogP contribution in [0.3, 0.4) is 0 Å². The van der Waals surface area contributed by atoms with E-state index >= 15 is 0 Å². The Hall–Kier alpha value is -2.29. The quantitative estimate of drug-likeness (QED) is 0.742. The van der Waals surface area contributed by atoms with Crippen LogP contribution >= 0.6 is 0 Å². The van der Waals surface area contributed by atoms with Crippen molar-refractivity contribution in [3.8, 4) is 5.75 Å². The Morgan fingerprint density at radius 2 is 1.56 bits per heavy atom. The summed E-state index contributed by atoms with van der Waals surface area (Å²) in [6, 6.07) is 4.94. The van der Waals surface area contributed by atoms with E-state index < -0.39 is 6.36 Å². The van der Waals surface area contributed by atoms with Crippen molar-refractivity contribution >= 4 is 17.5 Å². The molecule has 27 heavy (non-hydrogen) atoms. The third kappa shape index (κ3) is 8.29. The number of alkyl halides is 3. The minimum Gasteiger partial charge on any atom is -0.406 e. The van der Waals surface area contributed by atoms with Crippen LogP contribution in [0.25, 0.3) is 0 Å². The number of amides is 2. The zero-order chi connectivity index (χ0) is 20.8. The molecule has 152 valence electrons. The van der Waals surface area contributed by atoms with Gasteiger partial charge in [-0.3, -0.25) is 14.5 Å². The molecule has 0 heterocycles.